The van der Waals surface area contributed by atoms with E-state index < -0.39 is 0 Å². The molecule has 1 aromatic heterocycles. The Hall–Kier alpha value is -1.02. The molecule has 2 aromatic rings. The Labute approximate surface area is 108 Å². The minimum atomic E-state index is 0.703. The SMILES string of the molecule is Cc1cc(SCC(C)C)nc2c(C)cccc12. The van der Waals surface area contributed by atoms with E-state index in [1.54, 1.807) is 0 Å². The molecular formula is C15H19NS. The molecule has 0 atom stereocenters. The van der Waals surface area contributed by atoms with Crippen molar-refractivity contribution in [2.75, 3.05) is 5.75 Å². The summed E-state index contributed by atoms with van der Waals surface area (Å²) in [6.07, 6.45) is 0. The van der Waals surface area contributed by atoms with Crippen molar-refractivity contribution in [1.82, 2.24) is 4.98 Å². The van der Waals surface area contributed by atoms with Crippen molar-refractivity contribution in [3.8, 4) is 0 Å². The van der Waals surface area contributed by atoms with Gasteiger partial charge in [0.2, 0.25) is 0 Å². The van der Waals surface area contributed by atoms with E-state index in [1.807, 2.05) is 11.8 Å². The fraction of sp³-hybridized carbons (Fsp3) is 0.400. The highest BCUT2D eigenvalue weighted by Gasteiger charge is 2.05. The molecule has 0 saturated heterocycles. The van der Waals surface area contributed by atoms with Crippen LogP contribution in [0.4, 0.5) is 0 Å². The van der Waals surface area contributed by atoms with E-state index in [4.69, 9.17) is 4.98 Å². The number of benzene rings is 1. The van der Waals surface area contributed by atoms with Gasteiger partial charge in [-0.05, 0) is 37.0 Å². The van der Waals surface area contributed by atoms with Crippen LogP contribution in [0.15, 0.2) is 29.3 Å². The van der Waals surface area contributed by atoms with E-state index in [0.29, 0.717) is 5.92 Å². The topological polar surface area (TPSA) is 12.9 Å². The maximum absolute atomic E-state index is 4.77. The molecule has 0 aliphatic heterocycles. The minimum Gasteiger partial charge on any atom is -0.241 e. The predicted octanol–water partition coefficient (Wildman–Crippen LogP) is 4.60. The van der Waals surface area contributed by atoms with Crippen LogP contribution >= 0.6 is 11.8 Å². The van der Waals surface area contributed by atoms with Gasteiger partial charge in [-0.1, -0.05) is 32.0 Å². The van der Waals surface area contributed by atoms with Crippen molar-refractivity contribution in [2.45, 2.75) is 32.7 Å². The molecule has 0 radical (unpaired) electrons. The fourth-order valence-electron chi connectivity index (χ4n) is 1.86. The van der Waals surface area contributed by atoms with Crippen LogP contribution < -0.4 is 0 Å². The maximum Gasteiger partial charge on any atom is 0.0970 e. The van der Waals surface area contributed by atoms with Crippen molar-refractivity contribution in [3.63, 3.8) is 0 Å². The number of aryl methyl sites for hydroxylation is 2. The van der Waals surface area contributed by atoms with Gasteiger partial charge in [0.1, 0.15) is 0 Å². The predicted molar refractivity (Wildman–Crippen MR) is 76.8 cm³/mol. The highest BCUT2D eigenvalue weighted by molar-refractivity contribution is 7.99. The van der Waals surface area contributed by atoms with Crippen LogP contribution in [0.1, 0.15) is 25.0 Å². The number of nitrogens with zero attached hydrogens (tertiary/aromatic N) is 1. The molecule has 0 unspecified atom stereocenters. The summed E-state index contributed by atoms with van der Waals surface area (Å²) in [5.74, 6) is 1.83. The lowest BCUT2D eigenvalue weighted by Gasteiger charge is -2.09. The van der Waals surface area contributed by atoms with E-state index in [2.05, 4.69) is 52.0 Å². The zero-order valence-corrected chi connectivity index (χ0v) is 11.8. The van der Waals surface area contributed by atoms with Crippen molar-refractivity contribution < 1.29 is 0 Å². The molecule has 0 aliphatic rings. The number of rotatable bonds is 3. The Morgan fingerprint density at radius 1 is 1.18 bits per heavy atom. The van der Waals surface area contributed by atoms with E-state index in [9.17, 15) is 0 Å². The molecule has 0 amide bonds. The summed E-state index contributed by atoms with van der Waals surface area (Å²) in [5, 5.41) is 2.43. The van der Waals surface area contributed by atoms with Crippen LogP contribution in [0.25, 0.3) is 10.9 Å². The Balaban J connectivity index is 2.43. The minimum absolute atomic E-state index is 0.703. The molecule has 90 valence electrons. The number of para-hydroxylation sites is 1. The van der Waals surface area contributed by atoms with E-state index in [-0.39, 0.29) is 0 Å². The Morgan fingerprint density at radius 3 is 2.65 bits per heavy atom. The van der Waals surface area contributed by atoms with Crippen LogP contribution in [0.3, 0.4) is 0 Å². The lowest BCUT2D eigenvalue weighted by atomic mass is 10.1. The molecule has 1 heterocycles. The quantitative estimate of drug-likeness (QED) is 0.733. The molecular weight excluding hydrogens is 226 g/mol. The van der Waals surface area contributed by atoms with Crippen LogP contribution in [-0.4, -0.2) is 10.7 Å². The molecule has 0 saturated carbocycles. The summed E-state index contributed by atoms with van der Waals surface area (Å²) in [4.78, 5) is 4.77. The smallest absolute Gasteiger partial charge is 0.0970 e. The van der Waals surface area contributed by atoms with Crippen molar-refractivity contribution in [3.05, 3.63) is 35.4 Å². The molecule has 2 rings (SSSR count). The van der Waals surface area contributed by atoms with E-state index in [0.717, 1.165) is 16.3 Å². The first-order chi connectivity index (χ1) is 8.08. The van der Waals surface area contributed by atoms with Crippen LogP contribution in [0, 0.1) is 19.8 Å². The Kier molecular flexibility index (Phi) is 3.72. The van der Waals surface area contributed by atoms with Gasteiger partial charge >= 0.3 is 0 Å². The van der Waals surface area contributed by atoms with E-state index >= 15 is 0 Å². The normalized spacial score (nSPS) is 11.4. The van der Waals surface area contributed by atoms with Crippen molar-refractivity contribution in [2.24, 2.45) is 5.92 Å². The fourth-order valence-corrected chi connectivity index (χ4v) is 2.78. The first-order valence-electron chi connectivity index (χ1n) is 6.07. The van der Waals surface area contributed by atoms with Crippen LogP contribution in [0.5, 0.6) is 0 Å². The van der Waals surface area contributed by atoms with Crippen LogP contribution in [-0.2, 0) is 0 Å². The van der Waals surface area contributed by atoms with Crippen LogP contribution in [0.2, 0.25) is 0 Å². The van der Waals surface area contributed by atoms with Gasteiger partial charge in [-0.15, -0.1) is 11.8 Å². The lowest BCUT2D eigenvalue weighted by Crippen LogP contribution is -1.94. The van der Waals surface area contributed by atoms with Gasteiger partial charge in [-0.2, -0.15) is 0 Å². The standard InChI is InChI=1S/C15H19NS/c1-10(2)9-17-14-8-12(4)13-7-5-6-11(3)15(13)16-14/h5-8,10H,9H2,1-4H3. The molecule has 0 bridgehead atoms. The molecule has 17 heavy (non-hydrogen) atoms. The third-order valence-electron chi connectivity index (χ3n) is 2.79. The molecule has 0 fully saturated rings. The monoisotopic (exact) mass is 245 g/mol. The number of hydrogen-bond acceptors (Lipinski definition) is 2. The highest BCUT2D eigenvalue weighted by Crippen LogP contribution is 2.26. The Morgan fingerprint density at radius 2 is 1.94 bits per heavy atom. The van der Waals surface area contributed by atoms with Gasteiger partial charge in [-0.25, -0.2) is 4.98 Å². The third kappa shape index (κ3) is 2.81. The van der Waals surface area contributed by atoms with Gasteiger partial charge in [0.15, 0.2) is 0 Å². The maximum atomic E-state index is 4.77. The zero-order valence-electron chi connectivity index (χ0n) is 10.9. The number of fused-ring (bicyclic) bond motifs is 1. The van der Waals surface area contributed by atoms with Gasteiger partial charge in [0.05, 0.1) is 10.5 Å². The third-order valence-corrected chi connectivity index (χ3v) is 4.13. The summed E-state index contributed by atoms with van der Waals surface area (Å²) >= 11 is 1.86. The number of hydrogen-bond donors (Lipinski definition) is 0. The molecule has 1 nitrogen and oxygen atoms in total. The molecule has 0 spiro atoms. The van der Waals surface area contributed by atoms with Gasteiger partial charge in [0, 0.05) is 11.1 Å². The number of aromatic nitrogens is 1. The van der Waals surface area contributed by atoms with Gasteiger partial charge in [0.25, 0.3) is 0 Å². The summed E-state index contributed by atoms with van der Waals surface area (Å²) in [5.41, 5.74) is 3.74. The largest absolute Gasteiger partial charge is 0.241 e. The van der Waals surface area contributed by atoms with E-state index in [1.165, 1.54) is 16.5 Å². The van der Waals surface area contributed by atoms with Gasteiger partial charge in [-0.3, -0.25) is 0 Å². The molecule has 2 heteroatoms. The summed E-state index contributed by atoms with van der Waals surface area (Å²) in [6, 6.07) is 8.59. The molecule has 0 N–H and O–H groups in total. The van der Waals surface area contributed by atoms with Crippen molar-refractivity contribution in [1.29, 1.82) is 0 Å². The second-order valence-electron chi connectivity index (χ2n) is 4.95. The first kappa shape index (κ1) is 12.4. The average molecular weight is 245 g/mol. The molecule has 0 aliphatic carbocycles. The lowest BCUT2D eigenvalue weighted by molar-refractivity contribution is 0.749. The average Bonchev–Trinajstić information content (AvgIpc) is 2.28. The van der Waals surface area contributed by atoms with Crippen molar-refractivity contribution >= 4 is 22.7 Å². The zero-order chi connectivity index (χ0) is 12.4. The Bertz CT molecular complexity index is 532. The number of thioether (sulfide) groups is 1. The first-order valence-corrected chi connectivity index (χ1v) is 7.06. The second-order valence-corrected chi connectivity index (χ2v) is 5.99. The highest BCUT2D eigenvalue weighted by atomic mass is 32.2. The second kappa shape index (κ2) is 5.09. The number of pyridine rings is 1. The van der Waals surface area contributed by atoms with Gasteiger partial charge < -0.3 is 0 Å². The molecule has 1 aromatic carbocycles. The summed E-state index contributed by atoms with van der Waals surface area (Å²) in [7, 11) is 0. The summed E-state index contributed by atoms with van der Waals surface area (Å²) < 4.78 is 0. The summed E-state index contributed by atoms with van der Waals surface area (Å²) in [6.45, 7) is 8.78.